The second-order valence-electron chi connectivity index (χ2n) is 2.36. The highest BCUT2D eigenvalue weighted by Crippen LogP contribution is 2.05. The van der Waals surface area contributed by atoms with E-state index in [1.807, 2.05) is 19.1 Å². The molecule has 0 aliphatic rings. The lowest BCUT2D eigenvalue weighted by atomic mass is 10.1. The van der Waals surface area contributed by atoms with Crippen molar-refractivity contribution in [2.24, 2.45) is 4.99 Å². The largest absolute Gasteiger partial charge is 0.273 e. The van der Waals surface area contributed by atoms with E-state index in [4.69, 9.17) is 0 Å². The Morgan fingerprint density at radius 2 is 1.73 bits per heavy atom. The van der Waals surface area contributed by atoms with Crippen LogP contribution in [0.5, 0.6) is 0 Å². The molecule has 1 nitrogen and oxygen atoms in total. The van der Waals surface area contributed by atoms with E-state index in [2.05, 4.69) is 31.6 Å². The predicted octanol–water partition coefficient (Wildman–Crippen LogP) is 3.11. The molecule has 0 unspecified atom stereocenters. The molecule has 0 aromatic rings. The van der Waals surface area contributed by atoms with Crippen molar-refractivity contribution in [2.75, 3.05) is 0 Å². The molecule has 0 atom stereocenters. The van der Waals surface area contributed by atoms with Crippen molar-refractivity contribution in [3.05, 3.63) is 35.6 Å². The first-order chi connectivity index (χ1) is 5.22. The normalized spacial score (nSPS) is 14.1. The Morgan fingerprint density at radius 1 is 1.18 bits per heavy atom. The van der Waals surface area contributed by atoms with Crippen molar-refractivity contribution >= 4 is 6.72 Å². The molecule has 0 aliphatic carbocycles. The number of aliphatic imine (C=N–C) groups is 1. The summed E-state index contributed by atoms with van der Waals surface area (Å²) in [4.78, 5) is 3.63. The minimum absolute atomic E-state index is 1.22. The molecule has 0 fully saturated rings. The SMILES string of the molecule is C=N\C=C/C(C)=C(C)/C=C\C. The lowest BCUT2D eigenvalue weighted by Gasteiger charge is -1.94. The zero-order valence-electron chi connectivity index (χ0n) is 7.46. The Bertz CT molecular complexity index is 207. The second kappa shape index (κ2) is 5.66. The third-order valence-corrected chi connectivity index (χ3v) is 1.47. The predicted molar refractivity (Wildman–Crippen MR) is 51.9 cm³/mol. The maximum atomic E-state index is 3.63. The molecule has 60 valence electrons. The van der Waals surface area contributed by atoms with Crippen molar-refractivity contribution in [3.8, 4) is 0 Å². The molecule has 0 radical (unpaired) electrons. The molecule has 11 heavy (non-hydrogen) atoms. The van der Waals surface area contributed by atoms with Crippen LogP contribution in [0.1, 0.15) is 20.8 Å². The highest BCUT2D eigenvalue weighted by Gasteiger charge is 1.85. The van der Waals surface area contributed by atoms with Crippen LogP contribution in [0.15, 0.2) is 40.6 Å². The molecule has 0 spiro atoms. The first-order valence-corrected chi connectivity index (χ1v) is 3.65. The number of nitrogens with zero attached hydrogens (tertiary/aromatic N) is 1. The zero-order chi connectivity index (χ0) is 8.69. The van der Waals surface area contributed by atoms with Crippen LogP contribution in [0.3, 0.4) is 0 Å². The van der Waals surface area contributed by atoms with Crippen molar-refractivity contribution < 1.29 is 0 Å². The Labute approximate surface area is 68.9 Å². The lowest BCUT2D eigenvalue weighted by molar-refractivity contribution is 1.36. The van der Waals surface area contributed by atoms with Crippen LogP contribution in [0.4, 0.5) is 0 Å². The monoisotopic (exact) mass is 149 g/mol. The smallest absolute Gasteiger partial charge is 0.0263 e. The van der Waals surface area contributed by atoms with Gasteiger partial charge in [0.1, 0.15) is 0 Å². The topological polar surface area (TPSA) is 12.4 Å². The van der Waals surface area contributed by atoms with E-state index in [1.165, 1.54) is 11.1 Å². The van der Waals surface area contributed by atoms with Gasteiger partial charge in [-0.05, 0) is 44.7 Å². The molecule has 0 saturated carbocycles. The van der Waals surface area contributed by atoms with E-state index in [0.717, 1.165) is 0 Å². The van der Waals surface area contributed by atoms with E-state index < -0.39 is 0 Å². The summed E-state index contributed by atoms with van der Waals surface area (Å²) >= 11 is 0. The average molecular weight is 149 g/mol. The number of hydrogen-bond donors (Lipinski definition) is 0. The van der Waals surface area contributed by atoms with Crippen LogP contribution in [-0.4, -0.2) is 6.72 Å². The molecule has 0 aromatic carbocycles. The first kappa shape index (κ1) is 9.89. The molecule has 0 rings (SSSR count). The van der Waals surface area contributed by atoms with Gasteiger partial charge in [0.15, 0.2) is 0 Å². The minimum atomic E-state index is 1.22. The lowest BCUT2D eigenvalue weighted by Crippen LogP contribution is -1.74. The van der Waals surface area contributed by atoms with Crippen LogP contribution in [0, 0.1) is 0 Å². The van der Waals surface area contributed by atoms with Gasteiger partial charge in [0.2, 0.25) is 0 Å². The summed E-state index contributed by atoms with van der Waals surface area (Å²) in [6, 6.07) is 0. The Balaban J connectivity index is 4.38. The van der Waals surface area contributed by atoms with Gasteiger partial charge in [-0.3, -0.25) is 4.99 Å². The van der Waals surface area contributed by atoms with Crippen molar-refractivity contribution in [2.45, 2.75) is 20.8 Å². The van der Waals surface area contributed by atoms with Gasteiger partial charge in [0, 0.05) is 6.20 Å². The minimum Gasteiger partial charge on any atom is -0.273 e. The summed E-state index contributed by atoms with van der Waals surface area (Å²) in [5.74, 6) is 0. The maximum absolute atomic E-state index is 3.63. The molecular formula is C10H15N. The molecule has 0 heterocycles. The molecule has 0 aromatic heterocycles. The van der Waals surface area contributed by atoms with Gasteiger partial charge in [-0.1, -0.05) is 12.2 Å². The quantitative estimate of drug-likeness (QED) is 0.432. The van der Waals surface area contributed by atoms with Gasteiger partial charge in [0.25, 0.3) is 0 Å². The second-order valence-corrected chi connectivity index (χ2v) is 2.36. The summed E-state index contributed by atoms with van der Waals surface area (Å²) in [6.45, 7) is 9.49. The zero-order valence-corrected chi connectivity index (χ0v) is 7.46. The van der Waals surface area contributed by atoms with Crippen molar-refractivity contribution in [3.63, 3.8) is 0 Å². The fraction of sp³-hybridized carbons (Fsp3) is 0.300. The molecule has 0 saturated heterocycles. The maximum Gasteiger partial charge on any atom is 0.0263 e. The molecular weight excluding hydrogens is 134 g/mol. The highest BCUT2D eigenvalue weighted by molar-refractivity contribution is 5.32. The van der Waals surface area contributed by atoms with Gasteiger partial charge >= 0.3 is 0 Å². The standard InChI is InChI=1S/C10H15N/c1-5-6-9(2)10(3)7-8-11-4/h5-8H,4H2,1-3H3/b6-5-,8-7-,10-9+. The van der Waals surface area contributed by atoms with Crippen LogP contribution < -0.4 is 0 Å². The molecule has 1 heteroatoms. The molecule has 0 bridgehead atoms. The number of hydrogen-bond acceptors (Lipinski definition) is 1. The fourth-order valence-corrected chi connectivity index (χ4v) is 0.677. The molecule has 0 amide bonds. The number of allylic oxidation sites excluding steroid dienone is 5. The summed E-state index contributed by atoms with van der Waals surface area (Å²) in [6.07, 6.45) is 7.74. The Hall–Kier alpha value is -1.11. The molecule has 0 aliphatic heterocycles. The summed E-state index contributed by atoms with van der Waals surface area (Å²) in [5.41, 5.74) is 2.47. The van der Waals surface area contributed by atoms with Crippen LogP contribution >= 0.6 is 0 Å². The first-order valence-electron chi connectivity index (χ1n) is 3.65. The highest BCUT2D eigenvalue weighted by atomic mass is 14.6. The van der Waals surface area contributed by atoms with E-state index in [9.17, 15) is 0 Å². The van der Waals surface area contributed by atoms with Crippen molar-refractivity contribution in [1.29, 1.82) is 0 Å². The van der Waals surface area contributed by atoms with E-state index in [-0.39, 0.29) is 0 Å². The molecule has 0 N–H and O–H groups in total. The average Bonchev–Trinajstić information content (AvgIpc) is 2.00. The van der Waals surface area contributed by atoms with Crippen LogP contribution in [0.2, 0.25) is 0 Å². The van der Waals surface area contributed by atoms with Gasteiger partial charge in [-0.2, -0.15) is 0 Å². The van der Waals surface area contributed by atoms with Crippen molar-refractivity contribution in [1.82, 2.24) is 0 Å². The summed E-state index contributed by atoms with van der Waals surface area (Å²) in [5, 5.41) is 0. The van der Waals surface area contributed by atoms with Crippen LogP contribution in [0.25, 0.3) is 0 Å². The van der Waals surface area contributed by atoms with Gasteiger partial charge in [-0.25, -0.2) is 0 Å². The third-order valence-electron chi connectivity index (χ3n) is 1.47. The number of rotatable bonds is 3. The Morgan fingerprint density at radius 3 is 2.18 bits per heavy atom. The van der Waals surface area contributed by atoms with E-state index in [0.29, 0.717) is 0 Å². The van der Waals surface area contributed by atoms with Gasteiger partial charge in [-0.15, -0.1) is 0 Å². The van der Waals surface area contributed by atoms with Gasteiger partial charge in [0.05, 0.1) is 0 Å². The summed E-state index contributed by atoms with van der Waals surface area (Å²) < 4.78 is 0. The van der Waals surface area contributed by atoms with Crippen LogP contribution in [-0.2, 0) is 0 Å². The fourth-order valence-electron chi connectivity index (χ4n) is 0.677. The summed E-state index contributed by atoms with van der Waals surface area (Å²) in [7, 11) is 0. The van der Waals surface area contributed by atoms with Gasteiger partial charge < -0.3 is 0 Å². The van der Waals surface area contributed by atoms with E-state index in [1.54, 1.807) is 6.20 Å². The van der Waals surface area contributed by atoms with E-state index >= 15 is 0 Å². The third kappa shape index (κ3) is 4.31. The Kier molecular flexibility index (Phi) is 5.09.